The number of fused-ring (bicyclic) bond motifs is 2. The number of hydrogen-bond donors (Lipinski definition) is 3. The number of urea groups is 1. The Labute approximate surface area is 172 Å². The van der Waals surface area contributed by atoms with Crippen molar-refractivity contribution < 1.29 is 9.59 Å². The molecule has 0 unspecified atom stereocenters. The predicted octanol–water partition coefficient (Wildman–Crippen LogP) is 2.96. The number of anilines is 1. The molecule has 7 heteroatoms. The molecule has 0 bridgehead atoms. The van der Waals surface area contributed by atoms with Gasteiger partial charge in [0, 0.05) is 23.0 Å². The van der Waals surface area contributed by atoms with Crippen LogP contribution in [0.5, 0.6) is 0 Å². The Bertz CT molecular complexity index is 1250. The van der Waals surface area contributed by atoms with E-state index in [1.807, 2.05) is 41.0 Å². The first-order valence-corrected chi connectivity index (χ1v) is 9.45. The number of nitrogens with one attached hydrogen (secondary N) is 2. The zero-order chi connectivity index (χ0) is 21.1. The lowest BCUT2D eigenvalue weighted by atomic mass is 10.1. The third-order valence-corrected chi connectivity index (χ3v) is 4.89. The second kappa shape index (κ2) is 8.08. The minimum Gasteiger partial charge on any atom is -0.351 e. The Kier molecular flexibility index (Phi) is 5.17. The van der Waals surface area contributed by atoms with Gasteiger partial charge in [-0.3, -0.25) is 9.59 Å². The van der Waals surface area contributed by atoms with Crippen LogP contribution < -0.4 is 21.8 Å². The first kappa shape index (κ1) is 19.2. The normalized spacial score (nSPS) is 10.8. The van der Waals surface area contributed by atoms with Gasteiger partial charge in [-0.05, 0) is 42.0 Å². The quantitative estimate of drug-likeness (QED) is 0.448. The van der Waals surface area contributed by atoms with Gasteiger partial charge in [-0.2, -0.15) is 0 Å². The van der Waals surface area contributed by atoms with Crippen LogP contribution in [0.3, 0.4) is 0 Å². The number of amides is 3. The van der Waals surface area contributed by atoms with Crippen LogP contribution in [0.15, 0.2) is 77.6 Å². The van der Waals surface area contributed by atoms with E-state index < -0.39 is 6.03 Å². The average Bonchev–Trinajstić information content (AvgIpc) is 2.76. The van der Waals surface area contributed by atoms with Crippen molar-refractivity contribution in [3.63, 3.8) is 0 Å². The van der Waals surface area contributed by atoms with Crippen LogP contribution in [-0.4, -0.2) is 16.5 Å². The summed E-state index contributed by atoms with van der Waals surface area (Å²) in [5.74, 6) is -0.173. The van der Waals surface area contributed by atoms with E-state index in [2.05, 4.69) is 10.6 Å². The minimum absolute atomic E-state index is 0.0393. The summed E-state index contributed by atoms with van der Waals surface area (Å²) in [6, 6.07) is 21.0. The molecule has 1 aromatic heterocycles. The molecule has 0 saturated heterocycles. The first-order valence-electron chi connectivity index (χ1n) is 9.45. The summed E-state index contributed by atoms with van der Waals surface area (Å²) in [6.07, 6.45) is 0. The van der Waals surface area contributed by atoms with Crippen LogP contribution in [0.4, 0.5) is 10.5 Å². The monoisotopic (exact) mass is 400 g/mol. The smallest absolute Gasteiger partial charge is 0.316 e. The van der Waals surface area contributed by atoms with Gasteiger partial charge in [-0.15, -0.1) is 0 Å². The Morgan fingerprint density at radius 1 is 0.833 bits per heavy atom. The Balaban J connectivity index is 1.56. The molecule has 0 aliphatic rings. The van der Waals surface area contributed by atoms with E-state index in [-0.39, 0.29) is 17.9 Å². The summed E-state index contributed by atoms with van der Waals surface area (Å²) in [5.41, 5.74) is 7.96. The second-order valence-corrected chi connectivity index (χ2v) is 6.91. The fourth-order valence-corrected chi connectivity index (χ4v) is 3.50. The maximum atomic E-state index is 12.8. The molecule has 4 aromatic rings. The highest BCUT2D eigenvalue weighted by molar-refractivity contribution is 5.94. The Hall–Kier alpha value is -4.13. The molecular formula is C23H20N4O3. The molecule has 3 amide bonds. The van der Waals surface area contributed by atoms with Crippen molar-refractivity contribution in [3.05, 3.63) is 88.6 Å². The van der Waals surface area contributed by atoms with Crippen molar-refractivity contribution in [2.75, 3.05) is 5.32 Å². The fraction of sp³-hybridized carbons (Fsp3) is 0.0870. The zero-order valence-corrected chi connectivity index (χ0v) is 16.1. The van der Waals surface area contributed by atoms with Crippen LogP contribution in [0.2, 0.25) is 0 Å². The number of primary amides is 1. The number of rotatable bonds is 5. The van der Waals surface area contributed by atoms with Crippen LogP contribution in [0.1, 0.15) is 5.56 Å². The van der Waals surface area contributed by atoms with E-state index in [1.165, 1.54) is 0 Å². The summed E-state index contributed by atoms with van der Waals surface area (Å²) in [5, 5.41) is 6.56. The highest BCUT2D eigenvalue weighted by Crippen LogP contribution is 2.19. The molecule has 150 valence electrons. The summed E-state index contributed by atoms with van der Waals surface area (Å²) in [4.78, 5) is 36.4. The van der Waals surface area contributed by atoms with Crippen molar-refractivity contribution in [2.24, 2.45) is 5.73 Å². The lowest BCUT2D eigenvalue weighted by molar-refractivity contribution is -0.121. The van der Waals surface area contributed by atoms with Crippen molar-refractivity contribution in [1.82, 2.24) is 9.88 Å². The topological polar surface area (TPSA) is 106 Å². The van der Waals surface area contributed by atoms with Gasteiger partial charge in [0.15, 0.2) is 5.43 Å². The number of para-hydroxylation sites is 2. The molecule has 0 aliphatic heterocycles. The molecule has 1 heterocycles. The molecule has 30 heavy (non-hydrogen) atoms. The second-order valence-electron chi connectivity index (χ2n) is 6.91. The zero-order valence-electron chi connectivity index (χ0n) is 16.1. The number of benzene rings is 3. The van der Waals surface area contributed by atoms with Gasteiger partial charge in [0.2, 0.25) is 5.91 Å². The van der Waals surface area contributed by atoms with Gasteiger partial charge < -0.3 is 20.9 Å². The molecule has 3 aromatic carbocycles. The van der Waals surface area contributed by atoms with Gasteiger partial charge in [0.05, 0.1) is 11.0 Å². The SMILES string of the molecule is NC(=O)Nc1ccc(CNC(=O)Cn2c3ccccc3c(=O)c3ccccc32)cc1. The number of pyridine rings is 1. The maximum Gasteiger partial charge on any atom is 0.316 e. The number of carbonyl (C=O) groups excluding carboxylic acids is 2. The molecule has 0 saturated carbocycles. The fourth-order valence-electron chi connectivity index (χ4n) is 3.50. The van der Waals surface area contributed by atoms with Crippen LogP contribution in [-0.2, 0) is 17.9 Å². The summed E-state index contributed by atoms with van der Waals surface area (Å²) < 4.78 is 1.86. The van der Waals surface area contributed by atoms with Gasteiger partial charge >= 0.3 is 6.03 Å². The van der Waals surface area contributed by atoms with E-state index in [1.54, 1.807) is 36.4 Å². The number of aromatic nitrogens is 1. The van der Waals surface area contributed by atoms with E-state index in [0.717, 1.165) is 16.6 Å². The van der Waals surface area contributed by atoms with Crippen LogP contribution >= 0.6 is 0 Å². The predicted molar refractivity (Wildman–Crippen MR) is 117 cm³/mol. The third kappa shape index (κ3) is 3.86. The molecule has 0 radical (unpaired) electrons. The van der Waals surface area contributed by atoms with Gasteiger partial charge in [0.1, 0.15) is 6.54 Å². The molecule has 0 fully saturated rings. The Morgan fingerprint density at radius 3 is 1.97 bits per heavy atom. The van der Waals surface area contributed by atoms with Crippen LogP contribution in [0, 0.1) is 0 Å². The molecule has 4 rings (SSSR count). The highest BCUT2D eigenvalue weighted by atomic mass is 16.2. The van der Waals surface area contributed by atoms with Gasteiger partial charge in [0.25, 0.3) is 0 Å². The van der Waals surface area contributed by atoms with E-state index in [9.17, 15) is 14.4 Å². The Morgan fingerprint density at radius 2 is 1.40 bits per heavy atom. The van der Waals surface area contributed by atoms with Crippen molar-refractivity contribution in [3.8, 4) is 0 Å². The van der Waals surface area contributed by atoms with Crippen molar-refractivity contribution >= 4 is 39.4 Å². The molecule has 0 aliphatic carbocycles. The molecular weight excluding hydrogens is 380 g/mol. The molecule has 0 atom stereocenters. The lowest BCUT2D eigenvalue weighted by Crippen LogP contribution is -2.28. The van der Waals surface area contributed by atoms with Gasteiger partial charge in [-0.1, -0.05) is 36.4 Å². The van der Waals surface area contributed by atoms with Crippen molar-refractivity contribution in [2.45, 2.75) is 13.1 Å². The third-order valence-electron chi connectivity index (χ3n) is 4.89. The van der Waals surface area contributed by atoms with E-state index >= 15 is 0 Å². The number of hydrogen-bond acceptors (Lipinski definition) is 3. The maximum absolute atomic E-state index is 12.8. The van der Waals surface area contributed by atoms with Crippen molar-refractivity contribution in [1.29, 1.82) is 0 Å². The standard InChI is InChI=1S/C23H20N4O3/c24-23(30)26-16-11-9-15(10-12-16)13-25-21(28)14-27-19-7-3-1-5-17(19)22(29)18-6-2-4-8-20(18)27/h1-12H,13-14H2,(H,25,28)(H3,24,26,30). The van der Waals surface area contributed by atoms with Crippen LogP contribution in [0.25, 0.3) is 21.8 Å². The number of carbonyl (C=O) groups is 2. The molecule has 4 N–H and O–H groups in total. The average molecular weight is 400 g/mol. The minimum atomic E-state index is -0.628. The van der Waals surface area contributed by atoms with E-state index in [4.69, 9.17) is 5.73 Å². The highest BCUT2D eigenvalue weighted by Gasteiger charge is 2.12. The number of nitrogens with two attached hydrogens (primary N) is 1. The number of nitrogens with zero attached hydrogens (tertiary/aromatic N) is 1. The van der Waals surface area contributed by atoms with E-state index in [0.29, 0.717) is 23.0 Å². The largest absolute Gasteiger partial charge is 0.351 e. The lowest BCUT2D eigenvalue weighted by Gasteiger charge is -2.15. The summed E-state index contributed by atoms with van der Waals surface area (Å²) >= 11 is 0. The first-order chi connectivity index (χ1) is 14.5. The molecule has 7 nitrogen and oxygen atoms in total. The summed E-state index contributed by atoms with van der Waals surface area (Å²) in [7, 11) is 0. The summed E-state index contributed by atoms with van der Waals surface area (Å²) in [6.45, 7) is 0.425. The molecule has 0 spiro atoms. The van der Waals surface area contributed by atoms with Gasteiger partial charge in [-0.25, -0.2) is 4.79 Å².